The number of aryl methyl sites for hydroxylation is 1. The van der Waals surface area contributed by atoms with Crippen molar-refractivity contribution < 1.29 is 0 Å². The van der Waals surface area contributed by atoms with Crippen molar-refractivity contribution in [3.05, 3.63) is 20.6 Å². The molecule has 3 nitrogen and oxygen atoms in total. The molecule has 12 heavy (non-hydrogen) atoms. The summed E-state index contributed by atoms with van der Waals surface area (Å²) >= 11 is 8.08. The van der Waals surface area contributed by atoms with Crippen LogP contribution in [0.2, 0.25) is 5.15 Å². The maximum atomic E-state index is 5.93. The predicted octanol–water partition coefficient (Wildman–Crippen LogP) is 2.52. The van der Waals surface area contributed by atoms with E-state index in [1.165, 1.54) is 0 Å². The minimum absolute atomic E-state index is 0.517. The van der Waals surface area contributed by atoms with E-state index in [1.807, 2.05) is 13.0 Å². The molecule has 0 bridgehead atoms. The lowest BCUT2D eigenvalue weighted by Gasteiger charge is -1.94. The van der Waals surface area contributed by atoms with Gasteiger partial charge in [0.05, 0.1) is 10.9 Å². The molecule has 2 heterocycles. The summed E-state index contributed by atoms with van der Waals surface area (Å²) in [6, 6.07) is 1.90. The van der Waals surface area contributed by atoms with Crippen molar-refractivity contribution in [1.29, 1.82) is 0 Å². The third-order valence-electron chi connectivity index (χ3n) is 1.58. The zero-order valence-corrected chi connectivity index (χ0v) is 9.14. The molecule has 0 aliphatic rings. The van der Waals surface area contributed by atoms with Gasteiger partial charge >= 0.3 is 0 Å². The minimum atomic E-state index is 0.517. The molecule has 0 spiro atoms. The van der Waals surface area contributed by atoms with Crippen molar-refractivity contribution in [2.24, 2.45) is 0 Å². The summed E-state index contributed by atoms with van der Waals surface area (Å²) in [4.78, 5) is 4.14. The van der Waals surface area contributed by atoms with Crippen molar-refractivity contribution in [2.45, 2.75) is 6.92 Å². The Kier molecular flexibility index (Phi) is 1.96. The molecule has 0 unspecified atom stereocenters. The Morgan fingerprint density at radius 2 is 2.33 bits per heavy atom. The molecule has 0 radical (unpaired) electrons. The second kappa shape index (κ2) is 2.85. The summed E-state index contributed by atoms with van der Waals surface area (Å²) in [5.74, 6) is 0. The molecule has 0 fully saturated rings. The molecule has 0 saturated heterocycles. The fraction of sp³-hybridized carbons (Fsp3) is 0.143. The fourth-order valence-corrected chi connectivity index (χ4v) is 2.21. The van der Waals surface area contributed by atoms with E-state index < -0.39 is 0 Å². The van der Waals surface area contributed by atoms with Gasteiger partial charge in [-0.2, -0.15) is 5.10 Å². The molecular formula is C7H5ClIN3. The van der Waals surface area contributed by atoms with E-state index in [4.69, 9.17) is 11.6 Å². The highest BCUT2D eigenvalue weighted by Crippen LogP contribution is 2.24. The van der Waals surface area contributed by atoms with E-state index in [0.29, 0.717) is 5.15 Å². The van der Waals surface area contributed by atoms with E-state index in [0.717, 1.165) is 20.3 Å². The van der Waals surface area contributed by atoms with E-state index in [9.17, 15) is 0 Å². The molecule has 2 aromatic rings. The second-order valence-corrected chi connectivity index (χ2v) is 3.92. The Labute approximate surface area is 87.7 Å². The smallest absolute Gasteiger partial charge is 0.141 e. The number of nitrogens with one attached hydrogen (secondary N) is 1. The van der Waals surface area contributed by atoms with Crippen LogP contribution in [0.25, 0.3) is 10.9 Å². The summed E-state index contributed by atoms with van der Waals surface area (Å²) in [7, 11) is 0. The average molecular weight is 293 g/mol. The summed E-state index contributed by atoms with van der Waals surface area (Å²) in [5.41, 5.74) is 1.76. The summed E-state index contributed by atoms with van der Waals surface area (Å²) < 4.78 is 0.931. The SMILES string of the molecule is Cc1cc2n[nH]c(I)c2c(Cl)n1. The third-order valence-corrected chi connectivity index (χ3v) is 2.63. The number of pyridine rings is 1. The Hall–Kier alpha value is -0.360. The molecule has 1 N–H and O–H groups in total. The van der Waals surface area contributed by atoms with Gasteiger partial charge in [0, 0.05) is 5.69 Å². The molecule has 0 amide bonds. The van der Waals surface area contributed by atoms with Crippen LogP contribution in [0.4, 0.5) is 0 Å². The van der Waals surface area contributed by atoms with Crippen LogP contribution >= 0.6 is 34.2 Å². The van der Waals surface area contributed by atoms with E-state index >= 15 is 0 Å². The monoisotopic (exact) mass is 293 g/mol. The van der Waals surface area contributed by atoms with Crippen molar-refractivity contribution in [1.82, 2.24) is 15.2 Å². The van der Waals surface area contributed by atoms with Crippen LogP contribution in [0.1, 0.15) is 5.69 Å². The largest absolute Gasteiger partial charge is 0.271 e. The Bertz CT molecular complexity index is 437. The van der Waals surface area contributed by atoms with E-state index in [-0.39, 0.29) is 0 Å². The van der Waals surface area contributed by atoms with E-state index in [1.54, 1.807) is 0 Å². The zero-order valence-electron chi connectivity index (χ0n) is 6.23. The Balaban J connectivity index is 2.93. The summed E-state index contributed by atoms with van der Waals surface area (Å²) in [6.45, 7) is 1.90. The van der Waals surface area contributed by atoms with Gasteiger partial charge in [-0.15, -0.1) is 0 Å². The quantitative estimate of drug-likeness (QED) is 0.599. The highest BCUT2D eigenvalue weighted by atomic mass is 127. The van der Waals surface area contributed by atoms with Gasteiger partial charge in [-0.05, 0) is 35.6 Å². The number of rotatable bonds is 0. The standard InChI is InChI=1S/C7H5ClIN3/c1-3-2-4-5(6(8)10-3)7(9)12-11-4/h2H,1H3,(H,11,12). The van der Waals surface area contributed by atoms with Crippen LogP contribution in [0.5, 0.6) is 0 Å². The first-order chi connectivity index (χ1) is 5.68. The van der Waals surface area contributed by atoms with Gasteiger partial charge in [-0.3, -0.25) is 5.10 Å². The predicted molar refractivity (Wildman–Crippen MR) is 56.4 cm³/mol. The highest BCUT2D eigenvalue weighted by molar-refractivity contribution is 14.1. The Morgan fingerprint density at radius 1 is 1.58 bits per heavy atom. The Morgan fingerprint density at radius 3 is 3.08 bits per heavy atom. The molecule has 0 aliphatic heterocycles. The first kappa shape index (κ1) is 8.25. The molecule has 2 rings (SSSR count). The van der Waals surface area contributed by atoms with Gasteiger partial charge in [0.15, 0.2) is 0 Å². The molecule has 5 heteroatoms. The van der Waals surface area contributed by atoms with Crippen LogP contribution in [-0.2, 0) is 0 Å². The number of aromatic nitrogens is 3. The molecular weight excluding hydrogens is 288 g/mol. The topological polar surface area (TPSA) is 41.6 Å². The lowest BCUT2D eigenvalue weighted by Crippen LogP contribution is -1.82. The number of aromatic amines is 1. The average Bonchev–Trinajstić information content (AvgIpc) is 2.31. The number of hydrogen-bond donors (Lipinski definition) is 1. The van der Waals surface area contributed by atoms with Crippen LogP contribution in [0.3, 0.4) is 0 Å². The van der Waals surface area contributed by atoms with Crippen LogP contribution in [-0.4, -0.2) is 15.2 Å². The maximum Gasteiger partial charge on any atom is 0.141 e. The van der Waals surface area contributed by atoms with Crippen molar-refractivity contribution in [2.75, 3.05) is 0 Å². The van der Waals surface area contributed by atoms with Gasteiger partial charge in [0.1, 0.15) is 8.85 Å². The van der Waals surface area contributed by atoms with Crippen molar-refractivity contribution in [3.8, 4) is 0 Å². The van der Waals surface area contributed by atoms with E-state index in [2.05, 4.69) is 37.8 Å². The molecule has 2 aromatic heterocycles. The van der Waals surface area contributed by atoms with Crippen molar-refractivity contribution >= 4 is 45.1 Å². The maximum absolute atomic E-state index is 5.93. The van der Waals surface area contributed by atoms with Crippen LogP contribution < -0.4 is 0 Å². The number of fused-ring (bicyclic) bond motifs is 1. The molecule has 0 aliphatic carbocycles. The number of halogens is 2. The lowest BCUT2D eigenvalue weighted by atomic mass is 10.3. The van der Waals surface area contributed by atoms with Crippen LogP contribution in [0, 0.1) is 10.6 Å². The molecule has 62 valence electrons. The van der Waals surface area contributed by atoms with Crippen molar-refractivity contribution in [3.63, 3.8) is 0 Å². The first-order valence-electron chi connectivity index (χ1n) is 3.35. The van der Waals surface area contributed by atoms with Gasteiger partial charge in [-0.1, -0.05) is 11.6 Å². The molecule has 0 saturated carbocycles. The summed E-state index contributed by atoms with van der Waals surface area (Å²) in [6.07, 6.45) is 0. The summed E-state index contributed by atoms with van der Waals surface area (Å²) in [5, 5.41) is 8.36. The van der Waals surface area contributed by atoms with Gasteiger partial charge < -0.3 is 0 Å². The minimum Gasteiger partial charge on any atom is -0.271 e. The van der Waals surface area contributed by atoms with Gasteiger partial charge in [0.25, 0.3) is 0 Å². The molecule has 0 atom stereocenters. The number of hydrogen-bond acceptors (Lipinski definition) is 2. The third kappa shape index (κ3) is 1.19. The van der Waals surface area contributed by atoms with Gasteiger partial charge in [0.2, 0.25) is 0 Å². The number of nitrogens with zero attached hydrogens (tertiary/aromatic N) is 2. The lowest BCUT2D eigenvalue weighted by molar-refractivity contribution is 1.09. The van der Waals surface area contributed by atoms with Gasteiger partial charge in [-0.25, -0.2) is 4.98 Å². The molecule has 0 aromatic carbocycles. The highest BCUT2D eigenvalue weighted by Gasteiger charge is 2.08. The zero-order chi connectivity index (χ0) is 8.72. The number of H-pyrrole nitrogens is 1. The second-order valence-electron chi connectivity index (χ2n) is 2.49. The normalized spacial score (nSPS) is 10.9. The van der Waals surface area contributed by atoms with Crippen LogP contribution in [0.15, 0.2) is 6.07 Å². The first-order valence-corrected chi connectivity index (χ1v) is 4.81. The fourth-order valence-electron chi connectivity index (χ4n) is 1.08.